The van der Waals surface area contributed by atoms with E-state index in [0.717, 1.165) is 10.6 Å². The Balaban J connectivity index is 1.68. The van der Waals surface area contributed by atoms with E-state index < -0.39 is 19.0 Å². The number of carbonyl (C=O) groups excluding carboxylic acids is 2. The largest absolute Gasteiger partial charge is 0.375 e. The Hall–Kier alpha value is -2.03. The van der Waals surface area contributed by atoms with E-state index in [-0.39, 0.29) is 30.9 Å². The maximum Gasteiger partial charge on any atom is 0.282 e. The van der Waals surface area contributed by atoms with Gasteiger partial charge in [-0.2, -0.15) is 5.10 Å². The molecule has 3 rings (SSSR count). The number of hydrogen-bond donors (Lipinski definition) is 0. The van der Waals surface area contributed by atoms with Crippen molar-refractivity contribution in [2.24, 2.45) is 0 Å². The van der Waals surface area contributed by atoms with E-state index in [1.807, 2.05) is 0 Å². The van der Waals surface area contributed by atoms with Gasteiger partial charge in [0.2, 0.25) is 11.8 Å². The molecule has 126 valence electrons. The number of fused-ring (bicyclic) bond motifs is 1. The van der Waals surface area contributed by atoms with Crippen molar-refractivity contribution >= 4 is 11.8 Å². The number of rotatable bonds is 4. The van der Waals surface area contributed by atoms with E-state index in [0.29, 0.717) is 13.1 Å². The summed E-state index contributed by atoms with van der Waals surface area (Å²) in [6.07, 6.45) is 1.65. The van der Waals surface area contributed by atoms with Crippen molar-refractivity contribution in [3.63, 3.8) is 0 Å². The molecule has 9 heteroatoms. The lowest BCUT2D eigenvalue weighted by Crippen LogP contribution is -2.59. The van der Waals surface area contributed by atoms with Crippen LogP contribution >= 0.6 is 0 Å². The Labute approximate surface area is 131 Å². The minimum Gasteiger partial charge on any atom is -0.375 e. The molecule has 2 amide bonds. The van der Waals surface area contributed by atoms with Crippen LogP contribution in [-0.4, -0.2) is 70.7 Å². The van der Waals surface area contributed by atoms with Gasteiger partial charge < -0.3 is 14.5 Å². The fourth-order valence-corrected chi connectivity index (χ4v) is 2.96. The smallest absolute Gasteiger partial charge is 0.282 e. The van der Waals surface area contributed by atoms with Crippen molar-refractivity contribution in [2.75, 3.05) is 33.4 Å². The third-order valence-electron chi connectivity index (χ3n) is 4.11. The summed E-state index contributed by atoms with van der Waals surface area (Å²) >= 11 is 0. The molecule has 1 aromatic heterocycles. The molecular formula is C14H18F2N4O3. The highest BCUT2D eigenvalue weighted by atomic mass is 19.3. The molecule has 0 spiro atoms. The van der Waals surface area contributed by atoms with Gasteiger partial charge in [-0.3, -0.25) is 14.3 Å². The van der Waals surface area contributed by atoms with Crippen molar-refractivity contribution in [3.05, 3.63) is 18.0 Å². The highest BCUT2D eigenvalue weighted by Crippen LogP contribution is 2.29. The van der Waals surface area contributed by atoms with E-state index in [2.05, 4.69) is 5.10 Å². The molecule has 7 nitrogen and oxygen atoms in total. The van der Waals surface area contributed by atoms with E-state index >= 15 is 0 Å². The van der Waals surface area contributed by atoms with Crippen LogP contribution in [0.2, 0.25) is 0 Å². The molecule has 2 aliphatic heterocycles. The first kappa shape index (κ1) is 15.9. The van der Waals surface area contributed by atoms with Crippen LogP contribution in [0, 0.1) is 0 Å². The number of ether oxygens (including phenoxy) is 1. The summed E-state index contributed by atoms with van der Waals surface area (Å²) in [6.45, 7) is -0.387. The predicted octanol–water partition coefficient (Wildman–Crippen LogP) is 0.280. The standard InChI is InChI=1S/C14H18F2N4O3/c1-23-7-13(22)18-5-10-2-3-17-20(10)11(6-18)4-12(21)19-8-14(15,16)9-19/h2-3,11H,4-9H2,1H3/t11-/m0/s1. The second kappa shape index (κ2) is 5.88. The van der Waals surface area contributed by atoms with Gasteiger partial charge in [0.05, 0.1) is 37.8 Å². The Bertz CT molecular complexity index is 611. The van der Waals surface area contributed by atoms with Crippen molar-refractivity contribution in [3.8, 4) is 0 Å². The quantitative estimate of drug-likeness (QED) is 0.796. The molecule has 0 aliphatic carbocycles. The lowest BCUT2D eigenvalue weighted by atomic mass is 10.1. The zero-order valence-corrected chi connectivity index (χ0v) is 12.7. The summed E-state index contributed by atoms with van der Waals surface area (Å²) < 4.78 is 32.3. The summed E-state index contributed by atoms with van der Waals surface area (Å²) in [5.74, 6) is -3.30. The summed E-state index contributed by atoms with van der Waals surface area (Å²) in [5, 5.41) is 4.19. The predicted molar refractivity (Wildman–Crippen MR) is 74.7 cm³/mol. The Morgan fingerprint density at radius 2 is 2.09 bits per heavy atom. The summed E-state index contributed by atoms with van der Waals surface area (Å²) in [4.78, 5) is 26.9. The highest BCUT2D eigenvalue weighted by molar-refractivity contribution is 5.79. The molecule has 23 heavy (non-hydrogen) atoms. The molecule has 1 saturated heterocycles. The maximum absolute atomic E-state index is 12.9. The lowest BCUT2D eigenvalue weighted by molar-refractivity contribution is -0.167. The first-order valence-electron chi connectivity index (χ1n) is 7.34. The van der Waals surface area contributed by atoms with Crippen LogP contribution in [-0.2, 0) is 20.9 Å². The fraction of sp³-hybridized carbons (Fsp3) is 0.643. The zero-order valence-electron chi connectivity index (χ0n) is 12.7. The molecule has 0 aromatic carbocycles. The normalized spacial score (nSPS) is 22.5. The van der Waals surface area contributed by atoms with Gasteiger partial charge in [-0.05, 0) is 6.07 Å². The molecule has 1 aromatic rings. The van der Waals surface area contributed by atoms with Crippen LogP contribution in [0.3, 0.4) is 0 Å². The number of likely N-dealkylation sites (tertiary alicyclic amines) is 1. The second-order valence-corrected chi connectivity index (χ2v) is 5.94. The SMILES string of the molecule is COCC(=O)N1Cc2ccnn2[C@@H](CC(=O)N2CC(F)(F)C2)C1. The Morgan fingerprint density at radius 1 is 1.35 bits per heavy atom. The number of amides is 2. The van der Waals surface area contributed by atoms with Gasteiger partial charge in [0.15, 0.2) is 0 Å². The second-order valence-electron chi connectivity index (χ2n) is 5.94. The summed E-state index contributed by atoms with van der Waals surface area (Å²) in [6, 6.07) is 1.43. The molecular weight excluding hydrogens is 310 g/mol. The molecule has 1 atom stereocenters. The molecule has 0 radical (unpaired) electrons. The van der Waals surface area contributed by atoms with Crippen LogP contribution in [0.25, 0.3) is 0 Å². The van der Waals surface area contributed by atoms with Crippen molar-refractivity contribution in [1.29, 1.82) is 0 Å². The van der Waals surface area contributed by atoms with Gasteiger partial charge in [0.1, 0.15) is 6.61 Å². The van der Waals surface area contributed by atoms with Gasteiger partial charge in [0, 0.05) is 19.9 Å². The minimum absolute atomic E-state index is 0.0346. The van der Waals surface area contributed by atoms with Crippen molar-refractivity contribution < 1.29 is 23.1 Å². The van der Waals surface area contributed by atoms with Crippen LogP contribution in [0.4, 0.5) is 8.78 Å². The average Bonchev–Trinajstić information content (AvgIpc) is 2.93. The van der Waals surface area contributed by atoms with Gasteiger partial charge in [-0.25, -0.2) is 8.78 Å². The number of halogens is 2. The Kier molecular flexibility index (Phi) is 4.05. The summed E-state index contributed by atoms with van der Waals surface area (Å²) in [5.41, 5.74) is 0.812. The molecule has 0 unspecified atom stereocenters. The number of hydrogen-bond acceptors (Lipinski definition) is 4. The highest BCUT2D eigenvalue weighted by Gasteiger charge is 2.46. The summed E-state index contributed by atoms with van der Waals surface area (Å²) in [7, 11) is 1.44. The van der Waals surface area contributed by atoms with E-state index in [1.54, 1.807) is 21.8 Å². The van der Waals surface area contributed by atoms with Crippen molar-refractivity contribution in [1.82, 2.24) is 19.6 Å². The fourth-order valence-electron chi connectivity index (χ4n) is 2.96. The van der Waals surface area contributed by atoms with Gasteiger partial charge in [0.25, 0.3) is 5.92 Å². The van der Waals surface area contributed by atoms with Crippen LogP contribution < -0.4 is 0 Å². The van der Waals surface area contributed by atoms with Crippen LogP contribution in [0.15, 0.2) is 12.3 Å². The monoisotopic (exact) mass is 328 g/mol. The molecule has 3 heterocycles. The van der Waals surface area contributed by atoms with Crippen molar-refractivity contribution in [2.45, 2.75) is 24.9 Å². The average molecular weight is 328 g/mol. The number of alkyl halides is 2. The topological polar surface area (TPSA) is 67.7 Å². The Morgan fingerprint density at radius 3 is 2.74 bits per heavy atom. The van der Waals surface area contributed by atoms with Gasteiger partial charge in [-0.1, -0.05) is 0 Å². The number of carbonyl (C=O) groups is 2. The minimum atomic E-state index is -2.78. The van der Waals surface area contributed by atoms with E-state index in [1.165, 1.54) is 7.11 Å². The third-order valence-corrected chi connectivity index (χ3v) is 4.11. The molecule has 0 N–H and O–H groups in total. The molecule has 1 fully saturated rings. The van der Waals surface area contributed by atoms with Crippen LogP contribution in [0.5, 0.6) is 0 Å². The first-order chi connectivity index (χ1) is 10.9. The number of methoxy groups -OCH3 is 1. The van der Waals surface area contributed by atoms with E-state index in [9.17, 15) is 18.4 Å². The third kappa shape index (κ3) is 3.19. The van der Waals surface area contributed by atoms with E-state index in [4.69, 9.17) is 4.74 Å². The first-order valence-corrected chi connectivity index (χ1v) is 7.34. The van der Waals surface area contributed by atoms with Crippen LogP contribution in [0.1, 0.15) is 18.2 Å². The van der Waals surface area contributed by atoms with Gasteiger partial charge in [-0.15, -0.1) is 0 Å². The zero-order chi connectivity index (χ0) is 16.6. The maximum atomic E-state index is 12.9. The van der Waals surface area contributed by atoms with Gasteiger partial charge >= 0.3 is 0 Å². The molecule has 2 aliphatic rings. The molecule has 0 bridgehead atoms. The number of nitrogens with zero attached hydrogens (tertiary/aromatic N) is 4. The lowest BCUT2D eigenvalue weighted by Gasteiger charge is -2.40. The number of aromatic nitrogens is 2. The molecule has 0 saturated carbocycles.